The first-order chi connectivity index (χ1) is 32.4. The Morgan fingerprint density at radius 1 is 0.507 bits per heavy atom. The van der Waals surface area contributed by atoms with Crippen LogP contribution >= 0.6 is 34.8 Å². The lowest BCUT2D eigenvalue weighted by Crippen LogP contribution is -2.48. The minimum atomic E-state index is 0.514. The molecule has 3 aromatic carbocycles. The highest BCUT2D eigenvalue weighted by atomic mass is 35.5. The SMILES string of the molecule is CC(C)N(C(C)C)C1CCCC(Nc2ccnc3cc(Cl)ccc23)C1.CC1CCCC(Nc2ccnc3cc(Cl)ccc23)C1.CCN(CC)C1CCCC(Nc2ccnc3cc(Cl)ccc23)C1. The minimum Gasteiger partial charge on any atom is -0.382 e. The Morgan fingerprint density at radius 3 is 1.27 bits per heavy atom. The monoisotopic (exact) mass is 965 g/mol. The fraction of sp³-hybridized carbons (Fsp3) is 0.518. The number of hydrogen-bond acceptors (Lipinski definition) is 8. The van der Waals surface area contributed by atoms with Crippen LogP contribution in [0, 0.1) is 5.92 Å². The zero-order valence-corrected chi connectivity index (χ0v) is 43.3. The summed E-state index contributed by atoms with van der Waals surface area (Å²) in [5.41, 5.74) is 6.40. The molecular weight excluding hydrogens is 891 g/mol. The lowest BCUT2D eigenvalue weighted by molar-refractivity contribution is 0.0831. The fourth-order valence-corrected chi connectivity index (χ4v) is 11.8. The summed E-state index contributed by atoms with van der Waals surface area (Å²) in [4.78, 5) is 18.5. The Kier molecular flexibility index (Phi) is 18.7. The maximum absolute atomic E-state index is 6.11. The van der Waals surface area contributed by atoms with Crippen LogP contribution in [0.2, 0.25) is 15.1 Å². The molecule has 0 radical (unpaired) electrons. The van der Waals surface area contributed by atoms with Crippen molar-refractivity contribution < 1.29 is 0 Å². The molecule has 3 aromatic heterocycles. The highest BCUT2D eigenvalue weighted by molar-refractivity contribution is 6.32. The molecule has 0 bridgehead atoms. The summed E-state index contributed by atoms with van der Waals surface area (Å²) in [5, 5.41) is 16.9. The van der Waals surface area contributed by atoms with Crippen molar-refractivity contribution in [3.8, 4) is 0 Å². The topological polar surface area (TPSA) is 81.2 Å². The second kappa shape index (κ2) is 24.6. The average molecular weight is 967 g/mol. The van der Waals surface area contributed by atoms with Gasteiger partial charge in [-0.3, -0.25) is 19.9 Å². The van der Waals surface area contributed by atoms with Gasteiger partial charge in [-0.15, -0.1) is 0 Å². The normalized spacial score (nSPS) is 22.1. The predicted molar refractivity (Wildman–Crippen MR) is 290 cm³/mol. The number of anilines is 3. The first-order valence-electron chi connectivity index (χ1n) is 25.3. The van der Waals surface area contributed by atoms with Gasteiger partial charge in [0.25, 0.3) is 0 Å². The van der Waals surface area contributed by atoms with E-state index in [9.17, 15) is 0 Å². The molecule has 360 valence electrons. The van der Waals surface area contributed by atoms with Crippen LogP contribution in [0.1, 0.15) is 126 Å². The van der Waals surface area contributed by atoms with Crippen LogP contribution in [0.4, 0.5) is 17.1 Å². The average Bonchev–Trinajstić information content (AvgIpc) is 3.30. The van der Waals surface area contributed by atoms with Crippen LogP contribution in [-0.4, -0.2) is 80.1 Å². The lowest BCUT2D eigenvalue weighted by atomic mass is 9.87. The van der Waals surface area contributed by atoms with Gasteiger partial charge in [-0.05, 0) is 184 Å². The summed E-state index contributed by atoms with van der Waals surface area (Å²) in [7, 11) is 0. The third-order valence-electron chi connectivity index (χ3n) is 14.4. The molecule has 9 rings (SSSR count). The van der Waals surface area contributed by atoms with E-state index in [2.05, 4.69) is 126 Å². The van der Waals surface area contributed by atoms with Gasteiger partial charge in [-0.2, -0.15) is 0 Å². The van der Waals surface area contributed by atoms with E-state index < -0.39 is 0 Å². The molecule has 6 aromatic rings. The van der Waals surface area contributed by atoms with Crippen molar-refractivity contribution in [1.82, 2.24) is 24.8 Å². The number of pyridine rings is 3. The number of fused-ring (bicyclic) bond motifs is 3. The van der Waals surface area contributed by atoms with Crippen LogP contribution in [0.15, 0.2) is 91.4 Å². The van der Waals surface area contributed by atoms with Crippen LogP contribution in [0.5, 0.6) is 0 Å². The molecule has 6 unspecified atom stereocenters. The van der Waals surface area contributed by atoms with Gasteiger partial charge in [0.2, 0.25) is 0 Å². The molecule has 8 nitrogen and oxygen atoms in total. The van der Waals surface area contributed by atoms with Crippen molar-refractivity contribution >= 4 is 84.6 Å². The summed E-state index contributed by atoms with van der Waals surface area (Å²) in [6.45, 7) is 18.4. The maximum atomic E-state index is 6.11. The number of nitrogens with zero attached hydrogens (tertiary/aromatic N) is 5. The van der Waals surface area contributed by atoms with E-state index in [0.717, 1.165) is 66.8 Å². The van der Waals surface area contributed by atoms with E-state index in [1.165, 1.54) is 94.1 Å². The van der Waals surface area contributed by atoms with E-state index in [1.807, 2.05) is 55.0 Å². The van der Waals surface area contributed by atoms with Gasteiger partial charge in [0.15, 0.2) is 0 Å². The van der Waals surface area contributed by atoms with Gasteiger partial charge >= 0.3 is 0 Å². The molecule has 0 saturated heterocycles. The predicted octanol–water partition coefficient (Wildman–Crippen LogP) is 15.6. The first-order valence-corrected chi connectivity index (χ1v) is 26.5. The van der Waals surface area contributed by atoms with Crippen molar-refractivity contribution in [1.29, 1.82) is 0 Å². The maximum Gasteiger partial charge on any atom is 0.0737 e. The Morgan fingerprint density at radius 2 is 0.881 bits per heavy atom. The number of aromatic nitrogens is 3. The van der Waals surface area contributed by atoms with E-state index >= 15 is 0 Å². The highest BCUT2D eigenvalue weighted by Gasteiger charge is 2.30. The molecule has 0 aliphatic heterocycles. The van der Waals surface area contributed by atoms with Crippen molar-refractivity contribution in [2.24, 2.45) is 5.92 Å². The van der Waals surface area contributed by atoms with Crippen LogP contribution in [0.3, 0.4) is 0 Å². The molecule has 0 amide bonds. The molecule has 0 spiro atoms. The van der Waals surface area contributed by atoms with Crippen LogP contribution < -0.4 is 16.0 Å². The quantitative estimate of drug-likeness (QED) is 0.112. The summed E-state index contributed by atoms with van der Waals surface area (Å²) in [6, 6.07) is 28.2. The van der Waals surface area contributed by atoms with Gasteiger partial charge in [-0.25, -0.2) is 0 Å². The summed E-state index contributed by atoms with van der Waals surface area (Å²) in [6.07, 6.45) is 20.9. The third kappa shape index (κ3) is 13.9. The van der Waals surface area contributed by atoms with Crippen molar-refractivity contribution in [3.05, 3.63) is 106 Å². The second-order valence-electron chi connectivity index (χ2n) is 19.9. The lowest BCUT2D eigenvalue weighted by Gasteiger charge is -2.42. The van der Waals surface area contributed by atoms with E-state index in [4.69, 9.17) is 34.8 Å². The molecule has 3 saturated carbocycles. The number of hydrogen-bond donors (Lipinski definition) is 3. The summed E-state index contributed by atoms with van der Waals surface area (Å²) >= 11 is 18.2. The summed E-state index contributed by atoms with van der Waals surface area (Å²) in [5.74, 6) is 0.828. The van der Waals surface area contributed by atoms with Crippen molar-refractivity contribution in [3.63, 3.8) is 0 Å². The zero-order chi connectivity index (χ0) is 47.5. The van der Waals surface area contributed by atoms with Gasteiger partial charge in [-0.1, -0.05) is 68.4 Å². The fourth-order valence-electron chi connectivity index (χ4n) is 11.3. The molecule has 67 heavy (non-hydrogen) atoms. The van der Waals surface area contributed by atoms with Crippen LogP contribution in [0.25, 0.3) is 32.7 Å². The smallest absolute Gasteiger partial charge is 0.0737 e. The van der Waals surface area contributed by atoms with E-state index in [0.29, 0.717) is 42.3 Å². The molecule has 3 fully saturated rings. The number of nitrogens with one attached hydrogen (secondary N) is 3. The van der Waals surface area contributed by atoms with Crippen molar-refractivity contribution in [2.75, 3.05) is 29.0 Å². The molecule has 3 heterocycles. The molecular formula is C56H75Cl3N8. The van der Waals surface area contributed by atoms with E-state index in [-0.39, 0.29) is 0 Å². The Bertz CT molecular complexity index is 2490. The van der Waals surface area contributed by atoms with E-state index in [1.54, 1.807) is 0 Å². The van der Waals surface area contributed by atoms with Gasteiger partial charge in [0.05, 0.1) is 16.6 Å². The summed E-state index contributed by atoms with van der Waals surface area (Å²) < 4.78 is 0. The first kappa shape index (κ1) is 50.9. The zero-order valence-electron chi connectivity index (χ0n) is 41.0. The molecule has 3 aliphatic carbocycles. The number of benzene rings is 3. The molecule has 3 aliphatic rings. The number of halogens is 3. The second-order valence-corrected chi connectivity index (χ2v) is 21.2. The molecule has 3 N–H and O–H groups in total. The standard InChI is InChI=1S/C21H30ClN3.C19H26ClN3.C16H19ClN2/c1-14(2)25(15(3)4)18-7-5-6-17(13-18)24-20-10-11-23-21-12-16(22)8-9-19(20)21;1-3-23(4-2)16-7-5-6-15(13-16)22-18-10-11-21-19-12-14(20)8-9-17(18)19;1-11-3-2-4-13(9-11)19-15-7-8-18-16-10-12(17)5-6-14(15)16/h8-12,14-15,17-18H,5-7,13H2,1-4H3,(H,23,24);8-12,15-16H,3-7,13H2,1-2H3,(H,21,22);5-8,10-11,13H,2-4,9H2,1H3,(H,18,19). The van der Waals surface area contributed by atoms with Gasteiger partial charge in [0, 0.05) is 109 Å². The third-order valence-corrected chi connectivity index (χ3v) is 15.1. The number of rotatable bonds is 12. The Balaban J connectivity index is 0.000000150. The highest BCUT2D eigenvalue weighted by Crippen LogP contribution is 2.34. The molecule has 6 atom stereocenters. The molecule has 11 heteroatoms. The van der Waals surface area contributed by atoms with Crippen LogP contribution in [-0.2, 0) is 0 Å². The minimum absolute atomic E-state index is 0.514. The van der Waals surface area contributed by atoms with Crippen molar-refractivity contribution in [2.45, 2.75) is 168 Å². The Labute approximate surface area is 416 Å². The van der Waals surface area contributed by atoms with Gasteiger partial charge in [0.1, 0.15) is 0 Å². The van der Waals surface area contributed by atoms with Gasteiger partial charge < -0.3 is 20.9 Å². The largest absolute Gasteiger partial charge is 0.382 e. The Hall–Kier alpha value is -3.92.